The fourth-order valence-electron chi connectivity index (χ4n) is 3.02. The summed E-state index contributed by atoms with van der Waals surface area (Å²) in [6.07, 6.45) is 0.875. The number of aromatic nitrogens is 1. The molecule has 2 N–H and O–H groups in total. The highest BCUT2D eigenvalue weighted by Gasteiger charge is 2.36. The lowest BCUT2D eigenvalue weighted by Gasteiger charge is -2.39. The third-order valence-electron chi connectivity index (χ3n) is 4.96. The van der Waals surface area contributed by atoms with E-state index in [2.05, 4.69) is 10.3 Å². The maximum absolute atomic E-state index is 12.6. The topological polar surface area (TPSA) is 118 Å². The Balaban J connectivity index is 2.06. The van der Waals surface area contributed by atoms with E-state index >= 15 is 0 Å². The summed E-state index contributed by atoms with van der Waals surface area (Å²) in [7, 11) is 1.54. The molecule has 2 rings (SSSR count). The van der Waals surface area contributed by atoms with Crippen LogP contribution >= 0.6 is 0 Å². The highest BCUT2D eigenvalue weighted by Crippen LogP contribution is 2.25. The molecule has 0 bridgehead atoms. The zero-order chi connectivity index (χ0) is 23.9. The van der Waals surface area contributed by atoms with Crippen LogP contribution < -0.4 is 5.32 Å². The van der Waals surface area contributed by atoms with Gasteiger partial charge in [0.15, 0.2) is 0 Å². The van der Waals surface area contributed by atoms with E-state index in [0.717, 1.165) is 10.8 Å². The molecule has 0 aliphatic heterocycles. The first-order valence-corrected chi connectivity index (χ1v) is 10.4. The van der Waals surface area contributed by atoms with Crippen molar-refractivity contribution in [3.8, 4) is 0 Å². The Kier molecular flexibility index (Phi) is 8.02. The number of pyridine rings is 1. The first kappa shape index (κ1) is 24.9. The highest BCUT2D eigenvalue weighted by molar-refractivity contribution is 5.89. The molecule has 32 heavy (non-hydrogen) atoms. The summed E-state index contributed by atoms with van der Waals surface area (Å²) in [4.78, 5) is 41.5. The number of likely N-dealkylation sites (N-methyl/N-ethyl adjacent to an activating group) is 1. The summed E-state index contributed by atoms with van der Waals surface area (Å²) in [5.74, 6) is -0.602. The van der Waals surface area contributed by atoms with Crippen molar-refractivity contribution in [2.45, 2.75) is 58.1 Å². The quantitative estimate of drug-likeness (QED) is 0.606. The van der Waals surface area contributed by atoms with Crippen LogP contribution in [0.1, 0.15) is 47.0 Å². The number of anilines is 1. The maximum atomic E-state index is 12.6. The van der Waals surface area contributed by atoms with Gasteiger partial charge in [0, 0.05) is 25.1 Å². The standard InChI is InChI=1S/C23H31N3O6/c1-22(2,3)32-21(30)26(5)23(4,12-8-11-19(27)28)15-31-20(29)25-18-13-16-9-6-7-10-17(16)14-24-18/h6-7,9-10,13-14H,8,11-12,15H2,1-5H3,(H,27,28)(H,24,25,29). The Morgan fingerprint density at radius 1 is 1.12 bits per heavy atom. The van der Waals surface area contributed by atoms with E-state index < -0.39 is 29.3 Å². The predicted octanol–water partition coefficient (Wildman–Crippen LogP) is 4.66. The molecule has 0 saturated heterocycles. The molecule has 1 aromatic carbocycles. The van der Waals surface area contributed by atoms with Gasteiger partial charge in [0.2, 0.25) is 0 Å². The molecule has 0 aliphatic carbocycles. The summed E-state index contributed by atoms with van der Waals surface area (Å²) < 4.78 is 10.8. The van der Waals surface area contributed by atoms with Crippen LogP contribution in [0.5, 0.6) is 0 Å². The number of carboxylic acids is 1. The number of hydrogen-bond donors (Lipinski definition) is 2. The molecular weight excluding hydrogens is 414 g/mol. The number of benzene rings is 1. The molecule has 1 aromatic heterocycles. The van der Waals surface area contributed by atoms with Crippen LogP contribution in [0.4, 0.5) is 15.4 Å². The zero-order valence-corrected chi connectivity index (χ0v) is 19.2. The number of hydrogen-bond acceptors (Lipinski definition) is 6. The van der Waals surface area contributed by atoms with E-state index in [4.69, 9.17) is 14.6 Å². The minimum Gasteiger partial charge on any atom is -0.481 e. The number of aliphatic carboxylic acids is 1. The molecule has 0 spiro atoms. The smallest absolute Gasteiger partial charge is 0.412 e. The van der Waals surface area contributed by atoms with Gasteiger partial charge in [-0.1, -0.05) is 24.3 Å². The van der Waals surface area contributed by atoms with Crippen LogP contribution in [0.25, 0.3) is 10.8 Å². The van der Waals surface area contributed by atoms with Crippen molar-refractivity contribution >= 4 is 34.7 Å². The minimum absolute atomic E-state index is 0.0645. The third kappa shape index (κ3) is 7.40. The summed E-state index contributed by atoms with van der Waals surface area (Å²) in [5.41, 5.74) is -1.67. The number of amides is 2. The Bertz CT molecular complexity index is 972. The van der Waals surface area contributed by atoms with E-state index in [0.29, 0.717) is 18.7 Å². The van der Waals surface area contributed by atoms with Gasteiger partial charge in [0.05, 0.1) is 5.54 Å². The number of carbonyl (C=O) groups excluding carboxylic acids is 2. The third-order valence-corrected chi connectivity index (χ3v) is 4.96. The van der Waals surface area contributed by atoms with Crippen LogP contribution in [0, 0.1) is 0 Å². The van der Waals surface area contributed by atoms with Crippen molar-refractivity contribution in [1.29, 1.82) is 0 Å². The zero-order valence-electron chi connectivity index (χ0n) is 19.2. The second-order valence-corrected chi connectivity index (χ2v) is 8.90. The van der Waals surface area contributed by atoms with Crippen molar-refractivity contribution in [2.24, 2.45) is 0 Å². The van der Waals surface area contributed by atoms with E-state index in [1.54, 1.807) is 47.0 Å². The van der Waals surface area contributed by atoms with Crippen LogP contribution in [0.15, 0.2) is 36.5 Å². The number of carboxylic acid groups (broad SMARTS) is 1. The maximum Gasteiger partial charge on any atom is 0.412 e. The first-order chi connectivity index (χ1) is 14.9. The predicted molar refractivity (Wildman–Crippen MR) is 121 cm³/mol. The van der Waals surface area contributed by atoms with Gasteiger partial charge >= 0.3 is 18.2 Å². The molecule has 0 aliphatic rings. The fourth-order valence-corrected chi connectivity index (χ4v) is 3.02. The van der Waals surface area contributed by atoms with Crippen molar-refractivity contribution in [1.82, 2.24) is 9.88 Å². The molecule has 174 valence electrons. The molecular formula is C23H31N3O6. The van der Waals surface area contributed by atoms with Crippen molar-refractivity contribution in [3.05, 3.63) is 36.5 Å². The summed E-state index contributed by atoms with van der Waals surface area (Å²) in [6, 6.07) is 9.34. The molecule has 2 aromatic rings. The number of nitrogens with one attached hydrogen (secondary N) is 1. The molecule has 1 atom stereocenters. The molecule has 9 nitrogen and oxygen atoms in total. The van der Waals surface area contributed by atoms with Gasteiger partial charge in [-0.25, -0.2) is 14.6 Å². The SMILES string of the molecule is CN(C(=O)OC(C)(C)C)C(C)(CCCC(=O)O)COC(=O)Nc1cc2ccccc2cn1. The average Bonchev–Trinajstić information content (AvgIpc) is 2.70. The molecule has 2 amide bonds. The van der Waals surface area contributed by atoms with E-state index in [1.165, 1.54) is 4.90 Å². The van der Waals surface area contributed by atoms with Gasteiger partial charge in [-0.05, 0) is 52.0 Å². The Morgan fingerprint density at radius 2 is 1.78 bits per heavy atom. The number of ether oxygens (including phenoxy) is 2. The van der Waals surface area contributed by atoms with E-state index in [9.17, 15) is 14.4 Å². The van der Waals surface area contributed by atoms with Crippen LogP contribution in [0.3, 0.4) is 0 Å². The second kappa shape index (κ2) is 10.3. The van der Waals surface area contributed by atoms with Gasteiger partial charge in [-0.2, -0.15) is 0 Å². The Labute approximate surface area is 187 Å². The van der Waals surface area contributed by atoms with Crippen molar-refractivity contribution in [2.75, 3.05) is 19.0 Å². The summed E-state index contributed by atoms with van der Waals surface area (Å²) >= 11 is 0. The lowest BCUT2D eigenvalue weighted by atomic mass is 9.94. The number of carbonyl (C=O) groups is 3. The molecule has 1 unspecified atom stereocenters. The minimum atomic E-state index is -0.966. The highest BCUT2D eigenvalue weighted by atomic mass is 16.6. The van der Waals surface area contributed by atoms with Crippen molar-refractivity contribution < 1.29 is 29.0 Å². The second-order valence-electron chi connectivity index (χ2n) is 8.90. The van der Waals surface area contributed by atoms with Crippen LogP contribution in [-0.2, 0) is 14.3 Å². The Hall–Kier alpha value is -3.36. The lowest BCUT2D eigenvalue weighted by Crippen LogP contribution is -2.52. The Morgan fingerprint density at radius 3 is 2.41 bits per heavy atom. The average molecular weight is 446 g/mol. The van der Waals surface area contributed by atoms with Crippen molar-refractivity contribution in [3.63, 3.8) is 0 Å². The summed E-state index contributed by atoms with van der Waals surface area (Å²) in [5, 5.41) is 13.4. The monoisotopic (exact) mass is 445 g/mol. The molecule has 0 saturated carbocycles. The fraction of sp³-hybridized carbons (Fsp3) is 0.478. The molecule has 1 heterocycles. The van der Waals surface area contributed by atoms with Gasteiger partial charge in [-0.3, -0.25) is 10.1 Å². The number of fused-ring (bicyclic) bond motifs is 1. The van der Waals surface area contributed by atoms with Gasteiger partial charge in [0.1, 0.15) is 18.0 Å². The van der Waals surface area contributed by atoms with Gasteiger partial charge in [0.25, 0.3) is 0 Å². The normalized spacial score (nSPS) is 13.2. The lowest BCUT2D eigenvalue weighted by molar-refractivity contribution is -0.137. The van der Waals surface area contributed by atoms with E-state index in [1.807, 2.05) is 24.3 Å². The summed E-state index contributed by atoms with van der Waals surface area (Å²) in [6.45, 7) is 6.82. The first-order valence-electron chi connectivity index (χ1n) is 10.4. The van der Waals surface area contributed by atoms with Gasteiger partial charge in [-0.15, -0.1) is 0 Å². The van der Waals surface area contributed by atoms with E-state index in [-0.39, 0.29) is 13.0 Å². The number of rotatable bonds is 8. The van der Waals surface area contributed by atoms with Crippen LogP contribution in [0.2, 0.25) is 0 Å². The molecule has 0 radical (unpaired) electrons. The number of nitrogens with zero attached hydrogens (tertiary/aromatic N) is 2. The molecule has 9 heteroatoms. The van der Waals surface area contributed by atoms with Gasteiger partial charge < -0.3 is 19.5 Å². The van der Waals surface area contributed by atoms with Crippen LogP contribution in [-0.4, -0.2) is 57.9 Å². The largest absolute Gasteiger partial charge is 0.481 e. The molecule has 0 fully saturated rings.